The molecule has 2 saturated heterocycles. The number of imidazole rings is 1. The molecule has 10 heteroatoms. The van der Waals surface area contributed by atoms with Gasteiger partial charge in [0.15, 0.2) is 0 Å². The maximum absolute atomic E-state index is 15.0. The highest BCUT2D eigenvalue weighted by atomic mass is 19.1. The number of halogens is 2. The molecule has 8 nitrogen and oxygen atoms in total. The number of fused-ring (bicyclic) bond motifs is 2. The van der Waals surface area contributed by atoms with Crippen LogP contribution < -0.4 is 10.2 Å². The number of nitrogens with zero attached hydrogens (tertiary/aromatic N) is 6. The number of hydrogen-bond donors (Lipinski definition) is 2. The summed E-state index contributed by atoms with van der Waals surface area (Å²) in [6.45, 7) is 1.79. The molecule has 0 aliphatic carbocycles. The average Bonchev–Trinajstić information content (AvgIpc) is 3.38. The second-order valence-corrected chi connectivity index (χ2v) is 8.51. The van der Waals surface area contributed by atoms with Crippen LogP contribution in [0.4, 0.5) is 14.7 Å². The molecule has 2 bridgehead atoms. The van der Waals surface area contributed by atoms with Crippen molar-refractivity contribution in [2.75, 3.05) is 11.9 Å². The molecule has 3 aromatic rings. The van der Waals surface area contributed by atoms with E-state index in [4.69, 9.17) is 0 Å². The van der Waals surface area contributed by atoms with Crippen molar-refractivity contribution in [2.45, 2.75) is 49.7 Å². The summed E-state index contributed by atoms with van der Waals surface area (Å²) < 4.78 is 31.1. The van der Waals surface area contributed by atoms with Crippen LogP contribution in [0.5, 0.6) is 5.75 Å². The molecule has 0 spiro atoms. The normalized spacial score (nSPS) is 29.8. The Labute approximate surface area is 178 Å². The maximum atomic E-state index is 15.0. The van der Waals surface area contributed by atoms with Crippen molar-refractivity contribution in [3.63, 3.8) is 0 Å². The van der Waals surface area contributed by atoms with E-state index < -0.39 is 30.0 Å². The SMILES string of the molecule is CN(c1ncc(-c2ccc(-n3ccnc3)cc2O)nn1)[C@@H]1C[C@]2(C)N[C@@H](C[C@@H]2F)[C@H]1F. The van der Waals surface area contributed by atoms with Gasteiger partial charge >= 0.3 is 0 Å². The van der Waals surface area contributed by atoms with Crippen LogP contribution in [0.1, 0.15) is 19.8 Å². The fourth-order valence-electron chi connectivity index (χ4n) is 4.63. The largest absolute Gasteiger partial charge is 0.507 e. The highest BCUT2D eigenvalue weighted by Crippen LogP contribution is 2.41. The molecule has 2 aromatic heterocycles. The van der Waals surface area contributed by atoms with Gasteiger partial charge in [0, 0.05) is 42.7 Å². The number of nitrogens with one attached hydrogen (secondary N) is 1. The Bertz CT molecular complexity index is 1080. The zero-order chi connectivity index (χ0) is 21.8. The van der Waals surface area contributed by atoms with E-state index in [1.54, 1.807) is 54.3 Å². The van der Waals surface area contributed by atoms with Gasteiger partial charge in [0.2, 0.25) is 5.95 Å². The van der Waals surface area contributed by atoms with Crippen molar-refractivity contribution < 1.29 is 13.9 Å². The van der Waals surface area contributed by atoms with Crippen LogP contribution in [0.2, 0.25) is 0 Å². The summed E-state index contributed by atoms with van der Waals surface area (Å²) in [7, 11) is 1.70. The Morgan fingerprint density at radius 2 is 2.13 bits per heavy atom. The van der Waals surface area contributed by atoms with E-state index in [-0.39, 0.29) is 18.1 Å². The van der Waals surface area contributed by atoms with Crippen molar-refractivity contribution in [1.29, 1.82) is 0 Å². The smallest absolute Gasteiger partial charge is 0.245 e. The molecule has 2 aliphatic heterocycles. The number of alkyl halides is 2. The quantitative estimate of drug-likeness (QED) is 0.661. The number of aromatic nitrogens is 5. The fraction of sp³-hybridized carbons (Fsp3) is 0.429. The van der Waals surface area contributed by atoms with E-state index in [1.165, 1.54) is 6.20 Å². The molecule has 4 heterocycles. The minimum atomic E-state index is -1.23. The fourth-order valence-corrected chi connectivity index (χ4v) is 4.63. The molecule has 162 valence electrons. The van der Waals surface area contributed by atoms with Crippen LogP contribution in [-0.4, -0.2) is 66.9 Å². The van der Waals surface area contributed by atoms with Gasteiger partial charge in [-0.1, -0.05) is 0 Å². The molecule has 0 saturated carbocycles. The van der Waals surface area contributed by atoms with Gasteiger partial charge < -0.3 is 19.9 Å². The zero-order valence-electron chi connectivity index (χ0n) is 17.2. The van der Waals surface area contributed by atoms with Gasteiger partial charge in [0.05, 0.1) is 24.3 Å². The predicted octanol–water partition coefficient (Wildman–Crippen LogP) is 2.44. The molecule has 1 aromatic carbocycles. The minimum absolute atomic E-state index is 0.0315. The molecule has 5 atom stereocenters. The summed E-state index contributed by atoms with van der Waals surface area (Å²) in [6, 6.07) is 4.09. The number of anilines is 1. The lowest BCUT2D eigenvalue weighted by atomic mass is 9.87. The van der Waals surface area contributed by atoms with Gasteiger partial charge in [0.1, 0.15) is 23.8 Å². The van der Waals surface area contributed by atoms with E-state index >= 15 is 0 Å². The lowest BCUT2D eigenvalue weighted by Gasteiger charge is -2.42. The van der Waals surface area contributed by atoms with Gasteiger partial charge in [-0.25, -0.2) is 18.7 Å². The number of phenols is 1. The summed E-state index contributed by atoms with van der Waals surface area (Å²) in [5.74, 6) is 0.287. The van der Waals surface area contributed by atoms with E-state index in [2.05, 4.69) is 25.5 Å². The molecule has 5 rings (SSSR count). The Morgan fingerprint density at radius 3 is 2.81 bits per heavy atom. The lowest BCUT2D eigenvalue weighted by Crippen LogP contribution is -2.61. The number of rotatable bonds is 4. The van der Waals surface area contributed by atoms with Gasteiger partial charge in [0.25, 0.3) is 0 Å². The Kier molecular flexibility index (Phi) is 4.62. The van der Waals surface area contributed by atoms with E-state index in [0.717, 1.165) is 5.69 Å². The van der Waals surface area contributed by atoms with E-state index in [0.29, 0.717) is 17.7 Å². The highest BCUT2D eigenvalue weighted by Gasteiger charge is 2.55. The Balaban J connectivity index is 1.37. The molecular formula is C21H23F2N7O. The number of aromatic hydroxyl groups is 1. The molecule has 2 N–H and O–H groups in total. The highest BCUT2D eigenvalue weighted by molar-refractivity contribution is 5.68. The van der Waals surface area contributed by atoms with Crippen molar-refractivity contribution in [2.24, 2.45) is 0 Å². The number of hydrogen-bond acceptors (Lipinski definition) is 7. The maximum Gasteiger partial charge on any atom is 0.245 e. The first-order chi connectivity index (χ1) is 14.9. The summed E-state index contributed by atoms with van der Waals surface area (Å²) in [5.41, 5.74) is 0.881. The monoisotopic (exact) mass is 427 g/mol. The van der Waals surface area contributed by atoms with Crippen LogP contribution in [0.25, 0.3) is 16.9 Å². The van der Waals surface area contributed by atoms with Crippen LogP contribution in [-0.2, 0) is 0 Å². The van der Waals surface area contributed by atoms with Crippen molar-refractivity contribution >= 4 is 5.95 Å². The Hall–Kier alpha value is -3.14. The summed E-state index contributed by atoms with van der Waals surface area (Å²) >= 11 is 0. The number of phenolic OH excluding ortho intramolecular Hbond substituents is 1. The van der Waals surface area contributed by atoms with Crippen molar-refractivity contribution in [1.82, 2.24) is 30.0 Å². The van der Waals surface area contributed by atoms with Gasteiger partial charge in [-0.15, -0.1) is 10.2 Å². The standard InChI is InChI=1S/C21H23F2N7O/c1-21-9-16(19(23)14(26-21)8-18(21)22)29(2)20-25-10-15(27-28-20)13-4-3-12(7-17(13)31)30-6-5-24-11-30/h3-7,10-11,14,16,18-19,26,31H,8-9H2,1-2H3/t14-,16+,18-,19+,21-/m0/s1. The molecule has 2 fully saturated rings. The van der Waals surface area contributed by atoms with E-state index in [9.17, 15) is 13.9 Å². The van der Waals surface area contributed by atoms with Gasteiger partial charge in [-0.2, -0.15) is 0 Å². The molecule has 0 radical (unpaired) electrons. The number of piperidine rings is 1. The van der Waals surface area contributed by atoms with Crippen LogP contribution in [0.3, 0.4) is 0 Å². The Morgan fingerprint density at radius 1 is 1.29 bits per heavy atom. The number of benzene rings is 1. The average molecular weight is 427 g/mol. The van der Waals surface area contributed by atoms with Gasteiger partial charge in [-0.3, -0.25) is 0 Å². The van der Waals surface area contributed by atoms with Gasteiger partial charge in [-0.05, 0) is 31.9 Å². The lowest BCUT2D eigenvalue weighted by molar-refractivity contribution is 0.124. The van der Waals surface area contributed by atoms with Crippen LogP contribution in [0, 0.1) is 0 Å². The third-order valence-electron chi connectivity index (χ3n) is 6.47. The topological polar surface area (TPSA) is 92.0 Å². The van der Waals surface area contributed by atoms with E-state index in [1.807, 2.05) is 6.07 Å². The molecule has 31 heavy (non-hydrogen) atoms. The third kappa shape index (κ3) is 3.31. The summed E-state index contributed by atoms with van der Waals surface area (Å²) in [4.78, 5) is 9.96. The summed E-state index contributed by atoms with van der Waals surface area (Å²) in [5, 5.41) is 21.9. The minimum Gasteiger partial charge on any atom is -0.507 e. The first-order valence-electron chi connectivity index (χ1n) is 10.2. The van der Waals surface area contributed by atoms with Crippen molar-refractivity contribution in [3.05, 3.63) is 43.1 Å². The first-order valence-corrected chi connectivity index (χ1v) is 10.2. The summed E-state index contributed by atoms with van der Waals surface area (Å²) in [6.07, 6.45) is 4.73. The second kappa shape index (κ2) is 7.23. The first kappa shape index (κ1) is 19.8. The van der Waals surface area contributed by atoms with Crippen LogP contribution >= 0.6 is 0 Å². The second-order valence-electron chi connectivity index (χ2n) is 8.51. The zero-order valence-corrected chi connectivity index (χ0v) is 17.2. The molecular weight excluding hydrogens is 404 g/mol. The third-order valence-corrected chi connectivity index (χ3v) is 6.47. The van der Waals surface area contributed by atoms with Crippen LogP contribution in [0.15, 0.2) is 43.1 Å². The molecule has 2 aliphatic rings. The van der Waals surface area contributed by atoms with Crippen molar-refractivity contribution in [3.8, 4) is 22.7 Å². The predicted molar refractivity (Wildman–Crippen MR) is 111 cm³/mol. The molecule has 0 amide bonds. The molecule has 0 unspecified atom stereocenters.